The maximum Gasteiger partial charge on any atom is 0.417 e. The number of ether oxygens (including phenoxy) is 1. The van der Waals surface area contributed by atoms with Crippen molar-refractivity contribution in [3.63, 3.8) is 0 Å². The van der Waals surface area contributed by atoms with Crippen molar-refractivity contribution in [2.45, 2.75) is 58.5 Å². The predicted molar refractivity (Wildman–Crippen MR) is 144 cm³/mol. The third-order valence-corrected chi connectivity index (χ3v) is 7.25. The molecule has 1 atom stereocenters. The van der Waals surface area contributed by atoms with E-state index in [-0.39, 0.29) is 23.9 Å². The molecule has 3 aromatic heterocycles. The highest BCUT2D eigenvalue weighted by Gasteiger charge is 2.39. The number of likely N-dealkylation sites (tertiary alicyclic amines) is 1. The Hall–Kier alpha value is -3.81. The van der Waals surface area contributed by atoms with Crippen LogP contribution in [0.2, 0.25) is 0 Å². The van der Waals surface area contributed by atoms with Gasteiger partial charge in [0.25, 0.3) is 12.9 Å². The molecule has 41 heavy (non-hydrogen) atoms. The van der Waals surface area contributed by atoms with Gasteiger partial charge >= 0.3 is 6.09 Å². The first-order valence-electron chi connectivity index (χ1n) is 12.6. The first-order valence-corrected chi connectivity index (χ1v) is 13.4. The van der Waals surface area contributed by atoms with Crippen molar-refractivity contribution in [3.05, 3.63) is 63.6 Å². The minimum absolute atomic E-state index is 0.182. The summed E-state index contributed by atoms with van der Waals surface area (Å²) in [6, 6.07) is 7.08. The van der Waals surface area contributed by atoms with Gasteiger partial charge in [-0.3, -0.25) is 9.36 Å². The van der Waals surface area contributed by atoms with Crippen LogP contribution in [0.1, 0.15) is 68.5 Å². The van der Waals surface area contributed by atoms with E-state index in [1.165, 1.54) is 19.3 Å². The van der Waals surface area contributed by atoms with Crippen LogP contribution in [0.25, 0.3) is 22.7 Å². The third kappa shape index (κ3) is 5.44. The maximum absolute atomic E-state index is 13.9. The molecule has 4 aromatic rings. The number of carbonyl (C=O) groups is 2. The van der Waals surface area contributed by atoms with E-state index in [1.807, 2.05) is 0 Å². The van der Waals surface area contributed by atoms with Gasteiger partial charge in [-0.15, -0.1) is 0 Å². The van der Waals surface area contributed by atoms with E-state index in [0.29, 0.717) is 27.5 Å². The second-order valence-corrected chi connectivity index (χ2v) is 11.4. The zero-order valence-corrected chi connectivity index (χ0v) is 24.0. The lowest BCUT2D eigenvalue weighted by Crippen LogP contribution is -2.38. The Kier molecular flexibility index (Phi) is 7.38. The van der Waals surface area contributed by atoms with Gasteiger partial charge in [0.05, 0.1) is 22.5 Å². The highest BCUT2D eigenvalue weighted by Crippen LogP contribution is 2.37. The van der Waals surface area contributed by atoms with Gasteiger partial charge in [0.15, 0.2) is 5.82 Å². The third-order valence-electron chi connectivity index (χ3n) is 6.56. The van der Waals surface area contributed by atoms with E-state index < -0.39 is 47.6 Å². The molecule has 0 aliphatic carbocycles. The second kappa shape index (κ2) is 10.5. The summed E-state index contributed by atoms with van der Waals surface area (Å²) in [6.07, 6.45) is -4.72. The van der Waals surface area contributed by atoms with E-state index in [9.17, 15) is 27.2 Å². The molecule has 0 radical (unpaired) electrons. The number of carbonyl (C=O) groups excluding carboxylic acids is 2. The molecule has 0 N–H and O–H groups in total. The SMILES string of the molecule is Cc1cc(C(F)F)nn1-c1nc(-n2cnc3cc(Br)c(C4CCN(C(=O)OC(C)(C)C)C4=O)cc32)ccc1C(F)F. The molecule has 1 aromatic carbocycles. The van der Waals surface area contributed by atoms with Crippen molar-refractivity contribution in [1.29, 1.82) is 0 Å². The van der Waals surface area contributed by atoms with Crippen LogP contribution in [-0.4, -0.2) is 53.4 Å². The first-order chi connectivity index (χ1) is 19.2. The molecule has 0 spiro atoms. The number of halogens is 5. The molecular formula is C27H25BrF4N6O3. The molecule has 9 nitrogen and oxygen atoms in total. The summed E-state index contributed by atoms with van der Waals surface area (Å²) >= 11 is 3.51. The molecule has 1 unspecified atom stereocenters. The smallest absolute Gasteiger partial charge is 0.417 e. The first kappa shape index (κ1) is 28.7. The number of hydrogen-bond donors (Lipinski definition) is 0. The lowest BCUT2D eigenvalue weighted by molar-refractivity contribution is -0.128. The summed E-state index contributed by atoms with van der Waals surface area (Å²) < 4.78 is 62.8. The molecule has 0 bridgehead atoms. The zero-order chi connectivity index (χ0) is 29.8. The fourth-order valence-electron chi connectivity index (χ4n) is 4.71. The average Bonchev–Trinajstić information content (AvgIpc) is 3.58. The van der Waals surface area contributed by atoms with E-state index in [4.69, 9.17) is 4.74 Å². The summed E-state index contributed by atoms with van der Waals surface area (Å²) in [5, 5.41) is 3.80. The van der Waals surface area contributed by atoms with Crippen molar-refractivity contribution < 1.29 is 31.9 Å². The quantitative estimate of drug-likeness (QED) is 0.224. The Balaban J connectivity index is 1.56. The number of nitrogens with zero attached hydrogens (tertiary/aromatic N) is 6. The summed E-state index contributed by atoms with van der Waals surface area (Å²) in [7, 11) is 0. The molecule has 0 saturated carbocycles. The topological polar surface area (TPSA) is 95.1 Å². The molecule has 216 valence electrons. The number of imidazole rings is 1. The Morgan fingerprint density at radius 3 is 2.49 bits per heavy atom. The highest BCUT2D eigenvalue weighted by atomic mass is 79.9. The number of amides is 2. The molecule has 2 amide bonds. The summed E-state index contributed by atoms with van der Waals surface area (Å²) in [5.74, 6) is -1.16. The van der Waals surface area contributed by atoms with Crippen molar-refractivity contribution in [3.8, 4) is 11.6 Å². The lowest BCUT2D eigenvalue weighted by atomic mass is 9.97. The summed E-state index contributed by atoms with van der Waals surface area (Å²) in [4.78, 5) is 35.7. The number of hydrogen-bond acceptors (Lipinski definition) is 6. The van der Waals surface area contributed by atoms with Crippen molar-refractivity contribution in [2.24, 2.45) is 0 Å². The summed E-state index contributed by atoms with van der Waals surface area (Å²) in [5.41, 5.74) is 0.0498. The van der Waals surface area contributed by atoms with Crippen molar-refractivity contribution >= 4 is 39.0 Å². The van der Waals surface area contributed by atoms with E-state index >= 15 is 0 Å². The van der Waals surface area contributed by atoms with Crippen LogP contribution in [0.5, 0.6) is 0 Å². The van der Waals surface area contributed by atoms with Gasteiger partial charge in [0, 0.05) is 16.7 Å². The molecule has 1 fully saturated rings. The number of fused-ring (bicyclic) bond motifs is 1. The Morgan fingerprint density at radius 1 is 1.12 bits per heavy atom. The second-order valence-electron chi connectivity index (χ2n) is 10.6. The van der Waals surface area contributed by atoms with Crippen LogP contribution in [0.3, 0.4) is 0 Å². The van der Waals surface area contributed by atoms with Gasteiger partial charge in [-0.1, -0.05) is 15.9 Å². The molecule has 1 saturated heterocycles. The van der Waals surface area contributed by atoms with Gasteiger partial charge in [-0.05, 0) is 70.0 Å². The fraction of sp³-hybridized carbons (Fsp3) is 0.370. The average molecular weight is 637 g/mol. The largest absolute Gasteiger partial charge is 0.443 e. The van der Waals surface area contributed by atoms with E-state index in [1.54, 1.807) is 37.5 Å². The number of aryl methyl sites for hydroxylation is 1. The molecular weight excluding hydrogens is 612 g/mol. The standard InChI is InChI=1S/C27H25BrF4N6O3/c1-13-9-19(23(31)32)35-38(13)24-15(22(29)30)5-6-21(34-24)37-12-33-18-11-17(28)16(10-20(18)37)14-7-8-36(25(14)39)26(40)41-27(2,3)4/h5-6,9-12,14,22-23H,7-8H2,1-4H3. The van der Waals surface area contributed by atoms with E-state index in [2.05, 4.69) is 31.0 Å². The monoisotopic (exact) mass is 636 g/mol. The van der Waals surface area contributed by atoms with Crippen LogP contribution in [0.4, 0.5) is 22.4 Å². The predicted octanol–water partition coefficient (Wildman–Crippen LogP) is 6.80. The minimum Gasteiger partial charge on any atom is -0.443 e. The van der Waals surface area contributed by atoms with Crippen molar-refractivity contribution in [2.75, 3.05) is 6.54 Å². The molecule has 1 aliphatic heterocycles. The molecule has 14 heteroatoms. The normalized spacial score (nSPS) is 16.0. The number of rotatable bonds is 5. The van der Waals surface area contributed by atoms with Crippen LogP contribution in [0.15, 0.2) is 41.1 Å². The van der Waals surface area contributed by atoms with Gasteiger partial charge in [-0.25, -0.2) is 41.9 Å². The van der Waals surface area contributed by atoms with Crippen LogP contribution in [0, 0.1) is 6.92 Å². The number of benzene rings is 1. The van der Waals surface area contributed by atoms with Gasteiger partial charge in [0.2, 0.25) is 5.91 Å². The van der Waals surface area contributed by atoms with Gasteiger partial charge in [-0.2, -0.15) is 5.10 Å². The van der Waals surface area contributed by atoms with Gasteiger partial charge < -0.3 is 4.74 Å². The fourth-order valence-corrected chi connectivity index (χ4v) is 5.31. The van der Waals surface area contributed by atoms with E-state index in [0.717, 1.165) is 21.7 Å². The molecule has 4 heterocycles. The van der Waals surface area contributed by atoms with Crippen LogP contribution < -0.4 is 0 Å². The number of alkyl halides is 4. The zero-order valence-electron chi connectivity index (χ0n) is 22.4. The van der Waals surface area contributed by atoms with Crippen LogP contribution >= 0.6 is 15.9 Å². The lowest BCUT2D eigenvalue weighted by Gasteiger charge is -2.23. The summed E-state index contributed by atoms with van der Waals surface area (Å²) in [6.45, 7) is 6.80. The van der Waals surface area contributed by atoms with Gasteiger partial charge in [0.1, 0.15) is 23.4 Å². The minimum atomic E-state index is -2.94. The number of imide groups is 1. The maximum atomic E-state index is 13.9. The number of aromatic nitrogens is 5. The Bertz CT molecular complexity index is 1660. The molecule has 5 rings (SSSR count). The van der Waals surface area contributed by atoms with Crippen LogP contribution in [-0.2, 0) is 9.53 Å². The Morgan fingerprint density at radius 2 is 1.85 bits per heavy atom. The van der Waals surface area contributed by atoms with Crippen molar-refractivity contribution in [1.82, 2.24) is 29.2 Å². The highest BCUT2D eigenvalue weighted by molar-refractivity contribution is 9.10. The molecule has 1 aliphatic rings. The Labute approximate surface area is 240 Å². The number of pyridine rings is 1.